The zero-order valence-corrected chi connectivity index (χ0v) is 24.9. The van der Waals surface area contributed by atoms with Crippen molar-refractivity contribution in [2.45, 2.75) is 19.8 Å². The van der Waals surface area contributed by atoms with Crippen LogP contribution in [0, 0.1) is 13.8 Å². The summed E-state index contributed by atoms with van der Waals surface area (Å²) in [7, 11) is 0. The second-order valence-electron chi connectivity index (χ2n) is 11.3. The minimum atomic E-state index is -0.0237. The minimum absolute atomic E-state index is 0.0237. The molecule has 3 nitrogen and oxygen atoms in total. The average Bonchev–Trinajstić information content (AvgIpc) is 3.45. The third kappa shape index (κ3) is 5.73. The SMILES string of the molecule is Cc1ccc(N=C2C=CC(=C(c3ccc(Nc4ccc(C)cc4)cc3)C3C(c4ccccc4)=Nc4ccccc43)C=C2)cc1. The molecule has 0 saturated heterocycles. The number of rotatable bonds is 6. The van der Waals surface area contributed by atoms with Crippen molar-refractivity contribution in [3.8, 4) is 0 Å². The maximum atomic E-state index is 5.20. The molecule has 2 aliphatic rings. The highest BCUT2D eigenvalue weighted by Crippen LogP contribution is 2.47. The first-order valence-corrected chi connectivity index (χ1v) is 15.0. The Bertz CT molecular complexity index is 1940. The number of aryl methyl sites for hydroxylation is 2. The van der Waals surface area contributed by atoms with Gasteiger partial charge in [0.05, 0.1) is 28.7 Å². The molecule has 5 aromatic rings. The van der Waals surface area contributed by atoms with Crippen molar-refractivity contribution in [1.82, 2.24) is 0 Å². The van der Waals surface area contributed by atoms with E-state index in [1.807, 2.05) is 0 Å². The van der Waals surface area contributed by atoms with E-state index in [1.165, 1.54) is 22.3 Å². The monoisotopic (exact) mass is 567 g/mol. The van der Waals surface area contributed by atoms with Gasteiger partial charge in [-0.05, 0) is 96.3 Å². The molecule has 1 unspecified atom stereocenters. The van der Waals surface area contributed by atoms with Gasteiger partial charge in [-0.2, -0.15) is 0 Å². The Labute approximate surface area is 259 Å². The summed E-state index contributed by atoms with van der Waals surface area (Å²) in [5, 5.41) is 3.55. The van der Waals surface area contributed by atoms with E-state index in [9.17, 15) is 0 Å². The van der Waals surface area contributed by atoms with Gasteiger partial charge >= 0.3 is 0 Å². The van der Waals surface area contributed by atoms with Crippen LogP contribution in [-0.2, 0) is 0 Å². The van der Waals surface area contributed by atoms with Crippen molar-refractivity contribution in [3.05, 3.63) is 185 Å². The highest BCUT2D eigenvalue weighted by atomic mass is 14.9. The quantitative estimate of drug-likeness (QED) is 0.218. The lowest BCUT2D eigenvalue weighted by molar-refractivity contribution is 1.19. The fourth-order valence-electron chi connectivity index (χ4n) is 5.83. The number of fused-ring (bicyclic) bond motifs is 1. The number of allylic oxidation sites excluding steroid dienone is 6. The summed E-state index contributed by atoms with van der Waals surface area (Å²) in [6, 6.07) is 44.6. The predicted molar refractivity (Wildman–Crippen MR) is 186 cm³/mol. The van der Waals surface area contributed by atoms with Crippen molar-refractivity contribution in [2.75, 3.05) is 5.32 Å². The Morgan fingerprint density at radius 2 is 1.20 bits per heavy atom. The largest absolute Gasteiger partial charge is 0.356 e. The van der Waals surface area contributed by atoms with Gasteiger partial charge in [0.2, 0.25) is 0 Å². The Balaban J connectivity index is 1.32. The summed E-state index contributed by atoms with van der Waals surface area (Å²) < 4.78 is 0. The molecule has 7 rings (SSSR count). The molecule has 0 radical (unpaired) electrons. The molecule has 1 N–H and O–H groups in total. The number of para-hydroxylation sites is 1. The van der Waals surface area contributed by atoms with Crippen LogP contribution in [0.5, 0.6) is 0 Å². The topological polar surface area (TPSA) is 36.8 Å². The molecule has 0 amide bonds. The number of benzene rings is 5. The molecule has 1 heterocycles. The molecule has 3 heteroatoms. The summed E-state index contributed by atoms with van der Waals surface area (Å²) >= 11 is 0. The molecular weight excluding hydrogens is 534 g/mol. The van der Waals surface area contributed by atoms with Gasteiger partial charge in [-0.25, -0.2) is 4.99 Å². The number of nitrogens with one attached hydrogen (secondary N) is 1. The van der Waals surface area contributed by atoms with E-state index in [0.717, 1.165) is 50.9 Å². The van der Waals surface area contributed by atoms with Crippen molar-refractivity contribution in [3.63, 3.8) is 0 Å². The number of anilines is 2. The number of hydrogen-bond acceptors (Lipinski definition) is 3. The van der Waals surface area contributed by atoms with Crippen LogP contribution >= 0.6 is 0 Å². The zero-order valence-electron chi connectivity index (χ0n) is 24.9. The van der Waals surface area contributed by atoms with E-state index in [1.54, 1.807) is 0 Å². The highest BCUT2D eigenvalue weighted by Gasteiger charge is 2.33. The van der Waals surface area contributed by atoms with Gasteiger partial charge in [-0.15, -0.1) is 0 Å². The molecule has 0 fully saturated rings. The summed E-state index contributed by atoms with van der Waals surface area (Å²) in [5.74, 6) is -0.0237. The van der Waals surface area contributed by atoms with Gasteiger partial charge in [0.15, 0.2) is 0 Å². The molecule has 0 spiro atoms. The lowest BCUT2D eigenvalue weighted by atomic mass is 9.79. The number of nitrogens with zero attached hydrogens (tertiary/aromatic N) is 2. The van der Waals surface area contributed by atoms with Gasteiger partial charge in [-0.1, -0.05) is 108 Å². The van der Waals surface area contributed by atoms with Crippen LogP contribution in [0.2, 0.25) is 0 Å². The molecule has 0 aromatic heterocycles. The standard InChI is InChI=1S/C41H33N3/c1-28-12-20-33(21-13-28)42-35-24-16-30(17-25-35)39(31-18-26-36(27-19-31)43-34-22-14-29(2)15-23-34)40-37-10-6-7-11-38(37)44-41(40)32-8-4-3-5-9-32/h3-27,40,42H,1-2H3. The summed E-state index contributed by atoms with van der Waals surface area (Å²) in [4.78, 5) is 10.1. The number of hydrogen-bond donors (Lipinski definition) is 1. The molecule has 0 bridgehead atoms. The van der Waals surface area contributed by atoms with Crippen molar-refractivity contribution in [1.29, 1.82) is 0 Å². The van der Waals surface area contributed by atoms with Crippen LogP contribution in [0.3, 0.4) is 0 Å². The van der Waals surface area contributed by atoms with Crippen molar-refractivity contribution < 1.29 is 0 Å². The fourth-order valence-corrected chi connectivity index (χ4v) is 5.83. The van der Waals surface area contributed by atoms with E-state index in [4.69, 9.17) is 9.98 Å². The summed E-state index contributed by atoms with van der Waals surface area (Å²) in [6.45, 7) is 4.20. The van der Waals surface area contributed by atoms with Gasteiger partial charge in [-0.3, -0.25) is 4.99 Å². The van der Waals surface area contributed by atoms with E-state index < -0.39 is 0 Å². The molecule has 0 saturated carbocycles. The fraction of sp³-hybridized carbons (Fsp3) is 0.0732. The average molecular weight is 568 g/mol. The maximum absolute atomic E-state index is 5.20. The molecule has 5 aromatic carbocycles. The second-order valence-corrected chi connectivity index (χ2v) is 11.3. The van der Waals surface area contributed by atoms with Crippen LogP contribution in [0.4, 0.5) is 22.7 Å². The molecule has 1 aliphatic heterocycles. The van der Waals surface area contributed by atoms with Gasteiger partial charge in [0.1, 0.15) is 0 Å². The first-order chi connectivity index (χ1) is 21.6. The second kappa shape index (κ2) is 12.0. The molecule has 1 atom stereocenters. The zero-order chi connectivity index (χ0) is 29.9. The lowest BCUT2D eigenvalue weighted by Crippen LogP contribution is -2.14. The van der Waals surface area contributed by atoms with Crippen LogP contribution in [0.25, 0.3) is 5.57 Å². The highest BCUT2D eigenvalue weighted by molar-refractivity contribution is 6.17. The third-order valence-electron chi connectivity index (χ3n) is 8.13. The van der Waals surface area contributed by atoms with Crippen LogP contribution in [-0.4, -0.2) is 11.4 Å². The van der Waals surface area contributed by atoms with E-state index >= 15 is 0 Å². The first-order valence-electron chi connectivity index (χ1n) is 15.0. The van der Waals surface area contributed by atoms with Gasteiger partial charge in [0, 0.05) is 11.4 Å². The van der Waals surface area contributed by atoms with Gasteiger partial charge < -0.3 is 5.32 Å². The number of aliphatic imine (C=N–C) groups is 2. The van der Waals surface area contributed by atoms with Crippen LogP contribution in [0.15, 0.2) is 167 Å². The molecular formula is C41H33N3. The molecule has 44 heavy (non-hydrogen) atoms. The normalized spacial score (nSPS) is 15.1. The smallest absolute Gasteiger partial charge is 0.0675 e. The van der Waals surface area contributed by atoms with E-state index in [0.29, 0.717) is 0 Å². The Morgan fingerprint density at radius 3 is 1.89 bits per heavy atom. The predicted octanol–water partition coefficient (Wildman–Crippen LogP) is 10.6. The van der Waals surface area contributed by atoms with E-state index in [2.05, 4.69) is 171 Å². The lowest BCUT2D eigenvalue weighted by Gasteiger charge is -2.23. The van der Waals surface area contributed by atoms with E-state index in [-0.39, 0.29) is 5.92 Å². The third-order valence-corrected chi connectivity index (χ3v) is 8.13. The van der Waals surface area contributed by atoms with Gasteiger partial charge in [0.25, 0.3) is 0 Å². The Morgan fingerprint density at radius 1 is 0.614 bits per heavy atom. The van der Waals surface area contributed by atoms with Crippen molar-refractivity contribution >= 4 is 39.7 Å². The van der Waals surface area contributed by atoms with Crippen LogP contribution in [0.1, 0.15) is 33.7 Å². The molecule has 212 valence electrons. The molecule has 1 aliphatic carbocycles. The minimum Gasteiger partial charge on any atom is -0.356 e. The van der Waals surface area contributed by atoms with Crippen molar-refractivity contribution in [2.24, 2.45) is 9.98 Å². The Hall–Kier alpha value is -5.54. The maximum Gasteiger partial charge on any atom is 0.0675 e. The van der Waals surface area contributed by atoms with Crippen LogP contribution < -0.4 is 5.32 Å². The first kappa shape index (κ1) is 27.3. The summed E-state index contributed by atoms with van der Waals surface area (Å²) in [5.41, 5.74) is 14.5. The summed E-state index contributed by atoms with van der Waals surface area (Å²) in [6.07, 6.45) is 8.63. The Kier molecular flexibility index (Phi) is 7.44.